The van der Waals surface area contributed by atoms with Crippen molar-refractivity contribution in [3.63, 3.8) is 0 Å². The smallest absolute Gasteiger partial charge is 0.422 e. The first-order valence-corrected chi connectivity index (χ1v) is 8.45. The number of aromatic nitrogens is 1. The summed E-state index contributed by atoms with van der Waals surface area (Å²) >= 11 is 3.38. The van der Waals surface area contributed by atoms with E-state index in [1.807, 2.05) is 24.3 Å². The first-order chi connectivity index (χ1) is 11.6. The van der Waals surface area contributed by atoms with Crippen LogP contribution in [0.4, 0.5) is 0 Å². The van der Waals surface area contributed by atoms with Crippen LogP contribution in [0.15, 0.2) is 67.0 Å². The van der Waals surface area contributed by atoms with E-state index < -0.39 is 11.4 Å². The second-order valence-electron chi connectivity index (χ2n) is 5.33. The number of hydrogen-bond acceptors (Lipinski definition) is 4. The van der Waals surface area contributed by atoms with E-state index in [9.17, 15) is 9.59 Å². The van der Waals surface area contributed by atoms with E-state index >= 15 is 0 Å². The van der Waals surface area contributed by atoms with Crippen molar-refractivity contribution in [3.8, 4) is 5.75 Å². The van der Waals surface area contributed by atoms with Gasteiger partial charge in [-0.2, -0.15) is 0 Å². The molecule has 24 heavy (non-hydrogen) atoms. The Hall–Kier alpha value is -2.34. The van der Waals surface area contributed by atoms with E-state index in [0.29, 0.717) is 24.1 Å². The third-order valence-electron chi connectivity index (χ3n) is 3.67. The number of fused-ring (bicyclic) bond motifs is 1. The number of nitrogens with zero attached hydrogens (tertiary/aromatic N) is 1. The van der Waals surface area contributed by atoms with E-state index in [-0.39, 0.29) is 0 Å². The highest BCUT2D eigenvalue weighted by atomic mass is 79.9. The Balaban J connectivity index is 1.61. The molecule has 0 amide bonds. The topological polar surface area (TPSA) is 61.4 Å². The minimum atomic E-state index is -0.618. The molecule has 6 heteroatoms. The summed E-state index contributed by atoms with van der Waals surface area (Å²) in [5.41, 5.74) is 0.0120. The average Bonchev–Trinajstić information content (AvgIpc) is 2.59. The third-order valence-corrected chi connectivity index (χ3v) is 4.20. The van der Waals surface area contributed by atoms with Gasteiger partial charge < -0.3 is 9.15 Å². The summed E-state index contributed by atoms with van der Waals surface area (Å²) < 4.78 is 12.9. The van der Waals surface area contributed by atoms with Crippen molar-refractivity contribution in [1.29, 1.82) is 0 Å². The van der Waals surface area contributed by atoms with Crippen molar-refractivity contribution in [3.05, 3.63) is 74.0 Å². The van der Waals surface area contributed by atoms with Crippen LogP contribution in [0.5, 0.6) is 5.75 Å². The van der Waals surface area contributed by atoms with Gasteiger partial charge in [-0.05, 0) is 49.2 Å². The molecule has 0 bridgehead atoms. The summed E-state index contributed by atoms with van der Waals surface area (Å²) in [5, 5.41) is 0.420. The number of para-hydroxylation sites is 1. The lowest BCUT2D eigenvalue weighted by molar-refractivity contribution is 0.301. The van der Waals surface area contributed by atoms with Gasteiger partial charge in [0, 0.05) is 11.0 Å². The second-order valence-corrected chi connectivity index (χ2v) is 6.25. The van der Waals surface area contributed by atoms with Gasteiger partial charge in [0.15, 0.2) is 0 Å². The van der Waals surface area contributed by atoms with Crippen molar-refractivity contribution in [2.24, 2.45) is 0 Å². The fourth-order valence-corrected chi connectivity index (χ4v) is 2.74. The Kier molecular flexibility index (Phi) is 5.15. The maximum absolute atomic E-state index is 11.9. The minimum Gasteiger partial charge on any atom is -0.494 e. The molecule has 5 nitrogen and oxygen atoms in total. The molecule has 0 saturated heterocycles. The number of benzene rings is 2. The highest BCUT2D eigenvalue weighted by Crippen LogP contribution is 2.16. The van der Waals surface area contributed by atoms with Crippen LogP contribution in [0.1, 0.15) is 12.8 Å². The van der Waals surface area contributed by atoms with Gasteiger partial charge in [-0.15, -0.1) is 0 Å². The number of hydrogen-bond donors (Lipinski definition) is 0. The zero-order valence-corrected chi connectivity index (χ0v) is 14.5. The maximum Gasteiger partial charge on any atom is 0.422 e. The van der Waals surface area contributed by atoms with Gasteiger partial charge in [-0.25, -0.2) is 9.59 Å². The largest absolute Gasteiger partial charge is 0.494 e. The highest BCUT2D eigenvalue weighted by molar-refractivity contribution is 9.10. The molecule has 3 rings (SSSR count). The van der Waals surface area contributed by atoms with E-state index in [1.54, 1.807) is 24.3 Å². The number of unbranched alkanes of at least 4 members (excludes halogenated alkanes) is 1. The second kappa shape index (κ2) is 7.49. The van der Waals surface area contributed by atoms with Crippen molar-refractivity contribution in [1.82, 2.24) is 4.57 Å². The Morgan fingerprint density at radius 1 is 1.00 bits per heavy atom. The van der Waals surface area contributed by atoms with Gasteiger partial charge in [0.2, 0.25) is 0 Å². The molecule has 0 spiro atoms. The van der Waals surface area contributed by atoms with Crippen molar-refractivity contribution in [2.45, 2.75) is 19.4 Å². The van der Waals surface area contributed by atoms with Crippen molar-refractivity contribution >= 4 is 26.8 Å². The summed E-state index contributed by atoms with van der Waals surface area (Å²) in [7, 11) is 0. The molecule has 0 radical (unpaired) electrons. The van der Waals surface area contributed by atoms with Crippen molar-refractivity contribution < 1.29 is 9.15 Å². The zero-order chi connectivity index (χ0) is 16.9. The predicted octanol–water partition coefficient (Wildman–Crippen LogP) is 3.58. The van der Waals surface area contributed by atoms with Crippen LogP contribution in [0.3, 0.4) is 0 Å². The Labute approximate surface area is 146 Å². The molecule has 0 saturated carbocycles. The van der Waals surface area contributed by atoms with Crippen LogP contribution in [-0.4, -0.2) is 11.2 Å². The van der Waals surface area contributed by atoms with Gasteiger partial charge in [-0.1, -0.05) is 28.1 Å². The molecular formula is C18H16BrNO4. The molecule has 0 aliphatic rings. The summed E-state index contributed by atoms with van der Waals surface area (Å²) in [6, 6.07) is 14.6. The predicted molar refractivity (Wildman–Crippen MR) is 95.6 cm³/mol. The van der Waals surface area contributed by atoms with E-state index in [0.717, 1.165) is 23.1 Å². The summed E-state index contributed by atoms with van der Waals surface area (Å²) in [6.07, 6.45) is 1.53. The van der Waals surface area contributed by atoms with Crippen LogP contribution in [0.2, 0.25) is 0 Å². The summed E-state index contributed by atoms with van der Waals surface area (Å²) in [5.74, 6) is 0.194. The molecule has 2 aromatic carbocycles. The number of rotatable bonds is 6. The quantitative estimate of drug-likeness (QED) is 0.604. The molecule has 0 unspecified atom stereocenters. The fourth-order valence-electron chi connectivity index (χ4n) is 2.47. The van der Waals surface area contributed by atoms with Crippen molar-refractivity contribution in [2.75, 3.05) is 6.61 Å². The summed E-state index contributed by atoms with van der Waals surface area (Å²) in [4.78, 5) is 23.6. The minimum absolute atomic E-state index is 0.420. The van der Waals surface area contributed by atoms with Gasteiger partial charge >= 0.3 is 11.4 Å². The molecule has 0 fully saturated rings. The number of halogens is 1. The van der Waals surface area contributed by atoms with E-state index in [4.69, 9.17) is 9.15 Å². The lowest BCUT2D eigenvalue weighted by Gasteiger charge is -2.09. The maximum atomic E-state index is 11.9. The SMILES string of the molecule is O=c1oc(=O)n(CCCCOc2ccc(Br)cc2)c2ccccc12. The van der Waals surface area contributed by atoms with Crippen LogP contribution < -0.4 is 16.1 Å². The van der Waals surface area contributed by atoms with Gasteiger partial charge in [0.05, 0.1) is 17.5 Å². The Morgan fingerprint density at radius 2 is 1.75 bits per heavy atom. The lowest BCUT2D eigenvalue weighted by atomic mass is 10.2. The fraction of sp³-hybridized carbons (Fsp3) is 0.222. The van der Waals surface area contributed by atoms with E-state index in [1.165, 1.54) is 4.57 Å². The Morgan fingerprint density at radius 3 is 2.54 bits per heavy atom. The molecule has 0 aliphatic carbocycles. The van der Waals surface area contributed by atoms with Crippen LogP contribution in [0.25, 0.3) is 10.9 Å². The third kappa shape index (κ3) is 3.76. The molecule has 3 aromatic rings. The average molecular weight is 390 g/mol. The van der Waals surface area contributed by atoms with Crippen LogP contribution >= 0.6 is 15.9 Å². The monoisotopic (exact) mass is 389 g/mol. The first kappa shape index (κ1) is 16.5. The normalized spacial score (nSPS) is 10.9. The van der Waals surface area contributed by atoms with Gasteiger partial charge in [-0.3, -0.25) is 4.57 Å². The van der Waals surface area contributed by atoms with Crippen LogP contribution in [-0.2, 0) is 6.54 Å². The van der Waals surface area contributed by atoms with Crippen LogP contribution in [0, 0.1) is 0 Å². The first-order valence-electron chi connectivity index (χ1n) is 7.66. The molecule has 124 valence electrons. The molecular weight excluding hydrogens is 374 g/mol. The molecule has 1 aromatic heterocycles. The number of ether oxygens (including phenoxy) is 1. The van der Waals surface area contributed by atoms with E-state index in [2.05, 4.69) is 15.9 Å². The summed E-state index contributed by atoms with van der Waals surface area (Å²) in [6.45, 7) is 1.04. The molecule has 0 aliphatic heterocycles. The lowest BCUT2D eigenvalue weighted by Crippen LogP contribution is -2.25. The zero-order valence-electron chi connectivity index (χ0n) is 12.9. The standard InChI is InChI=1S/C18H16BrNO4/c19-13-7-9-14(10-8-13)23-12-4-3-11-20-16-6-2-1-5-15(16)17(21)24-18(20)22/h1-2,5-10H,3-4,11-12H2. The van der Waals surface area contributed by atoms with Gasteiger partial charge in [0.1, 0.15) is 5.75 Å². The molecule has 1 heterocycles. The van der Waals surface area contributed by atoms with Gasteiger partial charge in [0.25, 0.3) is 0 Å². The Bertz CT molecular complexity index is 944. The molecule has 0 N–H and O–H groups in total. The number of aryl methyl sites for hydroxylation is 1. The highest BCUT2D eigenvalue weighted by Gasteiger charge is 2.08. The molecule has 0 atom stereocenters.